The normalized spacial score (nSPS) is 13.6. The molecule has 6 heteroatoms. The molecular formula is C13H13F3N2S. The van der Waals surface area contributed by atoms with E-state index in [4.69, 9.17) is 5.73 Å². The smallest absolute Gasteiger partial charge is 0.320 e. The number of nitrogens with two attached hydrogens (primary N) is 1. The van der Waals surface area contributed by atoms with Crippen molar-refractivity contribution in [2.75, 3.05) is 0 Å². The van der Waals surface area contributed by atoms with Crippen molar-refractivity contribution in [3.8, 4) is 0 Å². The number of aryl methyl sites for hydroxylation is 2. The van der Waals surface area contributed by atoms with E-state index in [2.05, 4.69) is 4.98 Å². The third-order valence-electron chi connectivity index (χ3n) is 2.79. The lowest BCUT2D eigenvalue weighted by Gasteiger charge is -2.13. The molecular weight excluding hydrogens is 273 g/mol. The van der Waals surface area contributed by atoms with Crippen molar-refractivity contribution in [2.24, 2.45) is 5.73 Å². The zero-order valence-corrected chi connectivity index (χ0v) is 11.3. The minimum Gasteiger partial charge on any atom is -0.320 e. The van der Waals surface area contributed by atoms with Crippen molar-refractivity contribution in [3.05, 3.63) is 51.0 Å². The number of hydrogen-bond donors (Lipinski definition) is 1. The van der Waals surface area contributed by atoms with Crippen LogP contribution in [0.3, 0.4) is 0 Å². The van der Waals surface area contributed by atoms with Gasteiger partial charge in [0.25, 0.3) is 0 Å². The molecule has 1 atom stereocenters. The molecule has 0 aliphatic rings. The second kappa shape index (κ2) is 4.94. The monoisotopic (exact) mass is 286 g/mol. The zero-order chi connectivity index (χ0) is 14.2. The number of thiazole rings is 1. The van der Waals surface area contributed by atoms with Gasteiger partial charge in [0.1, 0.15) is 0 Å². The number of nitrogens with zero attached hydrogens (tertiary/aromatic N) is 1. The number of alkyl halides is 3. The Morgan fingerprint density at radius 3 is 2.47 bits per heavy atom. The SMILES string of the molecule is Cc1nc(C)c(C(N)c2cccc(C(F)(F)F)c2)s1. The average molecular weight is 286 g/mol. The maximum atomic E-state index is 12.7. The third kappa shape index (κ3) is 2.96. The second-order valence-electron chi connectivity index (χ2n) is 4.28. The number of rotatable bonds is 2. The molecule has 0 fully saturated rings. The molecule has 1 aromatic heterocycles. The molecule has 0 spiro atoms. The minimum atomic E-state index is -4.35. The Kier molecular flexibility index (Phi) is 3.64. The minimum absolute atomic E-state index is 0.446. The maximum Gasteiger partial charge on any atom is 0.416 e. The van der Waals surface area contributed by atoms with Crippen LogP contribution in [0.1, 0.15) is 32.7 Å². The van der Waals surface area contributed by atoms with Gasteiger partial charge in [0, 0.05) is 4.88 Å². The van der Waals surface area contributed by atoms with Crippen LogP contribution in [-0.2, 0) is 6.18 Å². The highest BCUT2D eigenvalue weighted by Crippen LogP contribution is 2.33. The van der Waals surface area contributed by atoms with Crippen LogP contribution < -0.4 is 5.73 Å². The van der Waals surface area contributed by atoms with Crippen molar-refractivity contribution in [1.29, 1.82) is 0 Å². The molecule has 2 rings (SSSR count). The highest BCUT2D eigenvalue weighted by molar-refractivity contribution is 7.11. The molecule has 19 heavy (non-hydrogen) atoms. The molecule has 1 unspecified atom stereocenters. The van der Waals surface area contributed by atoms with Crippen LogP contribution in [0.25, 0.3) is 0 Å². The number of hydrogen-bond acceptors (Lipinski definition) is 3. The molecule has 0 radical (unpaired) electrons. The Morgan fingerprint density at radius 2 is 1.95 bits per heavy atom. The maximum absolute atomic E-state index is 12.7. The van der Waals surface area contributed by atoms with Crippen LogP contribution in [-0.4, -0.2) is 4.98 Å². The molecule has 102 valence electrons. The molecule has 2 N–H and O–H groups in total. The van der Waals surface area contributed by atoms with Crippen molar-refractivity contribution in [3.63, 3.8) is 0 Å². The van der Waals surface area contributed by atoms with Gasteiger partial charge in [0.05, 0.1) is 22.3 Å². The van der Waals surface area contributed by atoms with Crippen LogP contribution in [0.15, 0.2) is 24.3 Å². The van der Waals surface area contributed by atoms with Crippen molar-refractivity contribution in [2.45, 2.75) is 26.1 Å². The molecule has 0 aliphatic carbocycles. The fourth-order valence-electron chi connectivity index (χ4n) is 1.90. The van der Waals surface area contributed by atoms with Crippen molar-refractivity contribution in [1.82, 2.24) is 4.98 Å². The van der Waals surface area contributed by atoms with Gasteiger partial charge in [-0.15, -0.1) is 11.3 Å². The highest BCUT2D eigenvalue weighted by atomic mass is 32.1. The Hall–Kier alpha value is -1.40. The number of aromatic nitrogens is 1. The summed E-state index contributed by atoms with van der Waals surface area (Å²) in [6, 6.07) is 4.55. The van der Waals surface area contributed by atoms with Crippen LogP contribution >= 0.6 is 11.3 Å². The van der Waals surface area contributed by atoms with E-state index in [1.807, 2.05) is 13.8 Å². The van der Waals surface area contributed by atoms with E-state index in [-0.39, 0.29) is 0 Å². The van der Waals surface area contributed by atoms with Crippen molar-refractivity contribution < 1.29 is 13.2 Å². The lowest BCUT2D eigenvalue weighted by molar-refractivity contribution is -0.137. The number of halogens is 3. The molecule has 1 aromatic carbocycles. The predicted octanol–water partition coefficient (Wildman–Crippen LogP) is 3.83. The summed E-state index contributed by atoms with van der Waals surface area (Å²) in [5.74, 6) is 0. The highest BCUT2D eigenvalue weighted by Gasteiger charge is 2.31. The third-order valence-corrected chi connectivity index (χ3v) is 3.95. The van der Waals surface area contributed by atoms with E-state index >= 15 is 0 Å². The molecule has 0 saturated heterocycles. The summed E-state index contributed by atoms with van der Waals surface area (Å²) < 4.78 is 38.0. The van der Waals surface area contributed by atoms with Gasteiger partial charge in [-0.3, -0.25) is 0 Å². The lowest BCUT2D eigenvalue weighted by Crippen LogP contribution is -2.13. The summed E-state index contributed by atoms with van der Waals surface area (Å²) in [6.07, 6.45) is -4.35. The van der Waals surface area contributed by atoms with Crippen LogP contribution in [0.2, 0.25) is 0 Å². The molecule has 1 heterocycles. The summed E-state index contributed by atoms with van der Waals surface area (Å²) in [4.78, 5) is 5.05. The van der Waals surface area contributed by atoms with E-state index in [9.17, 15) is 13.2 Å². The molecule has 0 saturated carbocycles. The summed E-state index contributed by atoms with van der Waals surface area (Å²) in [6.45, 7) is 3.66. The first-order chi connectivity index (χ1) is 8.79. The fraction of sp³-hybridized carbons (Fsp3) is 0.308. The van der Waals surface area contributed by atoms with Crippen molar-refractivity contribution >= 4 is 11.3 Å². The zero-order valence-electron chi connectivity index (χ0n) is 10.5. The van der Waals surface area contributed by atoms with Gasteiger partial charge in [-0.1, -0.05) is 12.1 Å². The van der Waals surface area contributed by atoms with Gasteiger partial charge in [-0.2, -0.15) is 13.2 Å². The first-order valence-corrected chi connectivity index (χ1v) is 6.47. The Labute approximate surface area is 113 Å². The molecule has 0 aliphatic heterocycles. The molecule has 2 nitrogen and oxygen atoms in total. The van der Waals surface area contributed by atoms with Crippen LogP contribution in [0.4, 0.5) is 13.2 Å². The van der Waals surface area contributed by atoms with Crippen LogP contribution in [0, 0.1) is 13.8 Å². The van der Waals surface area contributed by atoms with Gasteiger partial charge in [-0.05, 0) is 31.5 Å². The molecule has 2 aromatic rings. The largest absolute Gasteiger partial charge is 0.416 e. The number of benzene rings is 1. The fourth-order valence-corrected chi connectivity index (χ4v) is 2.85. The predicted molar refractivity (Wildman–Crippen MR) is 69.1 cm³/mol. The molecule has 0 bridgehead atoms. The summed E-state index contributed by atoms with van der Waals surface area (Å²) in [5.41, 5.74) is 6.58. The average Bonchev–Trinajstić information content (AvgIpc) is 2.66. The lowest BCUT2D eigenvalue weighted by atomic mass is 10.0. The van der Waals surface area contributed by atoms with Gasteiger partial charge in [0.2, 0.25) is 0 Å². The second-order valence-corrected chi connectivity index (χ2v) is 5.52. The standard InChI is InChI=1S/C13H13F3N2S/c1-7-12(19-8(2)18-7)11(17)9-4-3-5-10(6-9)13(14,15)16/h3-6,11H,17H2,1-2H3. The van der Waals surface area contributed by atoms with E-state index in [0.717, 1.165) is 27.7 Å². The van der Waals surface area contributed by atoms with E-state index in [1.54, 1.807) is 6.07 Å². The van der Waals surface area contributed by atoms with Gasteiger partial charge < -0.3 is 5.73 Å². The quantitative estimate of drug-likeness (QED) is 0.911. The molecule has 0 amide bonds. The van der Waals surface area contributed by atoms with E-state index in [0.29, 0.717) is 5.56 Å². The Morgan fingerprint density at radius 1 is 1.26 bits per heavy atom. The first-order valence-electron chi connectivity index (χ1n) is 5.65. The van der Waals surface area contributed by atoms with Gasteiger partial charge in [-0.25, -0.2) is 4.98 Å². The summed E-state index contributed by atoms with van der Waals surface area (Å²) >= 11 is 1.41. The van der Waals surface area contributed by atoms with Gasteiger partial charge in [0.15, 0.2) is 0 Å². The van der Waals surface area contributed by atoms with Crippen LogP contribution in [0.5, 0.6) is 0 Å². The van der Waals surface area contributed by atoms with Gasteiger partial charge >= 0.3 is 6.18 Å². The topological polar surface area (TPSA) is 38.9 Å². The first kappa shape index (κ1) is 14.0. The summed E-state index contributed by atoms with van der Waals surface area (Å²) in [7, 11) is 0. The van der Waals surface area contributed by atoms with E-state index < -0.39 is 17.8 Å². The Balaban J connectivity index is 2.39. The van der Waals surface area contributed by atoms with E-state index in [1.165, 1.54) is 17.4 Å². The Bertz CT molecular complexity index is 590. The summed E-state index contributed by atoms with van der Waals surface area (Å²) in [5, 5.41) is 0.856.